The molecule has 108 valence electrons. The molecule has 1 saturated heterocycles. The lowest BCUT2D eigenvalue weighted by molar-refractivity contribution is 0.268. The average Bonchev–Trinajstić information content (AvgIpc) is 2.34. The third kappa shape index (κ3) is 5.69. The van der Waals surface area contributed by atoms with Crippen LogP contribution in [0.5, 0.6) is 0 Å². The van der Waals surface area contributed by atoms with Crippen molar-refractivity contribution >= 4 is 22.4 Å². The van der Waals surface area contributed by atoms with E-state index in [4.69, 9.17) is 0 Å². The number of sulfonamides is 1. The second kappa shape index (κ2) is 8.91. The van der Waals surface area contributed by atoms with Crippen molar-refractivity contribution in [2.75, 3.05) is 31.9 Å². The number of rotatable bonds is 7. The summed E-state index contributed by atoms with van der Waals surface area (Å²) in [6.45, 7) is 9.00. The Morgan fingerprint density at radius 1 is 1.39 bits per heavy atom. The van der Waals surface area contributed by atoms with Gasteiger partial charge in [-0.1, -0.05) is 13.0 Å². The first-order valence-corrected chi connectivity index (χ1v) is 8.00. The molecule has 0 aliphatic carbocycles. The molecular weight excluding hydrogens is 272 g/mol. The van der Waals surface area contributed by atoms with Gasteiger partial charge in [-0.15, -0.1) is 19.0 Å². The van der Waals surface area contributed by atoms with Gasteiger partial charge in [0.15, 0.2) is 0 Å². The van der Waals surface area contributed by atoms with Crippen molar-refractivity contribution in [3.05, 3.63) is 12.7 Å². The summed E-state index contributed by atoms with van der Waals surface area (Å²) in [6.07, 6.45) is 4.15. The molecule has 18 heavy (non-hydrogen) atoms. The topological polar surface area (TPSA) is 49.4 Å². The summed E-state index contributed by atoms with van der Waals surface area (Å²) < 4.78 is 25.5. The van der Waals surface area contributed by atoms with E-state index in [2.05, 4.69) is 18.8 Å². The van der Waals surface area contributed by atoms with E-state index in [0.717, 1.165) is 25.9 Å². The van der Waals surface area contributed by atoms with Crippen molar-refractivity contribution in [2.45, 2.75) is 26.2 Å². The number of piperidine rings is 1. The SMILES string of the molecule is C=CCCS(=O)(=O)N1CCC(CNCC)CC1.Cl. The molecule has 0 amide bonds. The largest absolute Gasteiger partial charge is 0.317 e. The molecule has 0 aromatic rings. The highest BCUT2D eigenvalue weighted by Gasteiger charge is 2.26. The van der Waals surface area contributed by atoms with Gasteiger partial charge in [0.05, 0.1) is 5.75 Å². The quantitative estimate of drug-likeness (QED) is 0.727. The standard InChI is InChI=1S/C12H24N2O2S.ClH/c1-3-5-10-17(15,16)14-8-6-12(7-9-14)11-13-4-2;/h3,12-13H,1,4-11H2,2H3;1H. The fourth-order valence-electron chi connectivity index (χ4n) is 2.10. The number of halogens is 1. The van der Waals surface area contributed by atoms with Crippen molar-refractivity contribution in [1.82, 2.24) is 9.62 Å². The van der Waals surface area contributed by atoms with Gasteiger partial charge in [0.2, 0.25) is 10.0 Å². The Morgan fingerprint density at radius 2 is 2.00 bits per heavy atom. The molecule has 4 nitrogen and oxygen atoms in total. The summed E-state index contributed by atoms with van der Waals surface area (Å²) in [7, 11) is -3.05. The summed E-state index contributed by atoms with van der Waals surface area (Å²) >= 11 is 0. The van der Waals surface area contributed by atoms with Crippen LogP contribution >= 0.6 is 12.4 Å². The van der Waals surface area contributed by atoms with E-state index in [-0.39, 0.29) is 18.2 Å². The van der Waals surface area contributed by atoms with Crippen molar-refractivity contribution in [2.24, 2.45) is 5.92 Å². The van der Waals surface area contributed by atoms with Crippen LogP contribution < -0.4 is 5.32 Å². The zero-order chi connectivity index (χ0) is 12.7. The van der Waals surface area contributed by atoms with Gasteiger partial charge >= 0.3 is 0 Å². The summed E-state index contributed by atoms with van der Waals surface area (Å²) in [6, 6.07) is 0. The normalized spacial score (nSPS) is 18.3. The highest BCUT2D eigenvalue weighted by molar-refractivity contribution is 7.89. The van der Waals surface area contributed by atoms with Crippen LogP contribution in [-0.4, -0.2) is 44.7 Å². The molecule has 1 rings (SSSR count). The van der Waals surface area contributed by atoms with Crippen molar-refractivity contribution in [3.8, 4) is 0 Å². The monoisotopic (exact) mass is 296 g/mol. The molecule has 1 fully saturated rings. The Morgan fingerprint density at radius 3 is 2.50 bits per heavy atom. The van der Waals surface area contributed by atoms with Crippen molar-refractivity contribution in [1.29, 1.82) is 0 Å². The van der Waals surface area contributed by atoms with Gasteiger partial charge in [-0.2, -0.15) is 0 Å². The van der Waals surface area contributed by atoms with Gasteiger partial charge in [-0.05, 0) is 38.3 Å². The van der Waals surface area contributed by atoms with Crippen LogP contribution in [0.2, 0.25) is 0 Å². The van der Waals surface area contributed by atoms with Crippen molar-refractivity contribution < 1.29 is 8.42 Å². The molecule has 1 aliphatic heterocycles. The molecule has 0 spiro atoms. The summed E-state index contributed by atoms with van der Waals surface area (Å²) in [5.41, 5.74) is 0. The minimum Gasteiger partial charge on any atom is -0.317 e. The van der Waals surface area contributed by atoms with Crippen LogP contribution in [0.25, 0.3) is 0 Å². The lowest BCUT2D eigenvalue weighted by Crippen LogP contribution is -2.41. The first-order valence-electron chi connectivity index (χ1n) is 6.39. The Bertz CT molecular complexity index is 325. The fourth-order valence-corrected chi connectivity index (χ4v) is 3.59. The zero-order valence-electron chi connectivity index (χ0n) is 11.1. The van der Waals surface area contributed by atoms with Crippen LogP contribution in [0.15, 0.2) is 12.7 Å². The fraction of sp³-hybridized carbons (Fsp3) is 0.833. The van der Waals surface area contributed by atoms with E-state index in [0.29, 0.717) is 25.4 Å². The molecule has 0 aromatic heterocycles. The number of allylic oxidation sites excluding steroid dienone is 1. The smallest absolute Gasteiger partial charge is 0.214 e. The van der Waals surface area contributed by atoms with E-state index in [1.54, 1.807) is 10.4 Å². The predicted octanol–water partition coefficient (Wildman–Crippen LogP) is 1.64. The van der Waals surface area contributed by atoms with Gasteiger partial charge in [0.1, 0.15) is 0 Å². The van der Waals surface area contributed by atoms with E-state index in [9.17, 15) is 8.42 Å². The Labute approximate surface area is 117 Å². The van der Waals surface area contributed by atoms with Crippen LogP contribution in [0, 0.1) is 5.92 Å². The molecule has 0 bridgehead atoms. The molecule has 0 radical (unpaired) electrons. The number of nitrogens with zero attached hydrogens (tertiary/aromatic N) is 1. The predicted molar refractivity (Wildman–Crippen MR) is 78.7 cm³/mol. The maximum Gasteiger partial charge on any atom is 0.214 e. The Kier molecular flexibility index (Phi) is 8.86. The van der Waals surface area contributed by atoms with Crippen LogP contribution in [0.3, 0.4) is 0 Å². The first kappa shape index (κ1) is 17.9. The lowest BCUT2D eigenvalue weighted by Gasteiger charge is -2.31. The molecule has 1 heterocycles. The van der Waals surface area contributed by atoms with E-state index in [1.165, 1.54) is 0 Å². The maximum atomic E-state index is 11.9. The highest BCUT2D eigenvalue weighted by Crippen LogP contribution is 2.19. The lowest BCUT2D eigenvalue weighted by atomic mass is 9.98. The molecule has 0 atom stereocenters. The molecule has 0 aromatic carbocycles. The maximum absolute atomic E-state index is 11.9. The molecule has 6 heteroatoms. The molecule has 1 aliphatic rings. The van der Waals surface area contributed by atoms with Gasteiger partial charge in [-0.25, -0.2) is 12.7 Å². The number of hydrogen-bond donors (Lipinski definition) is 1. The summed E-state index contributed by atoms with van der Waals surface area (Å²) in [5.74, 6) is 0.828. The van der Waals surface area contributed by atoms with E-state index < -0.39 is 10.0 Å². The van der Waals surface area contributed by atoms with Crippen LogP contribution in [0.4, 0.5) is 0 Å². The summed E-state index contributed by atoms with van der Waals surface area (Å²) in [5, 5.41) is 3.32. The van der Waals surface area contributed by atoms with Gasteiger partial charge in [0, 0.05) is 13.1 Å². The molecule has 0 unspecified atom stereocenters. The average molecular weight is 297 g/mol. The second-order valence-corrected chi connectivity index (χ2v) is 6.63. The van der Waals surface area contributed by atoms with Crippen molar-refractivity contribution in [3.63, 3.8) is 0 Å². The van der Waals surface area contributed by atoms with Gasteiger partial charge < -0.3 is 5.32 Å². The Hall–Kier alpha value is -0.100. The second-order valence-electron chi connectivity index (χ2n) is 4.54. The molecule has 0 saturated carbocycles. The highest BCUT2D eigenvalue weighted by atomic mass is 35.5. The third-order valence-electron chi connectivity index (χ3n) is 3.23. The first-order chi connectivity index (χ1) is 8.10. The van der Waals surface area contributed by atoms with Gasteiger partial charge in [0.25, 0.3) is 0 Å². The third-order valence-corrected chi connectivity index (χ3v) is 5.13. The molecular formula is C12H25ClN2O2S. The number of hydrogen-bond acceptors (Lipinski definition) is 3. The Balaban J connectivity index is 0.00000289. The van der Waals surface area contributed by atoms with E-state index in [1.807, 2.05) is 0 Å². The minimum atomic E-state index is -3.05. The van der Waals surface area contributed by atoms with E-state index >= 15 is 0 Å². The van der Waals surface area contributed by atoms with Gasteiger partial charge in [-0.3, -0.25) is 0 Å². The van der Waals surface area contributed by atoms with Crippen LogP contribution in [0.1, 0.15) is 26.2 Å². The molecule has 1 N–H and O–H groups in total. The zero-order valence-corrected chi connectivity index (χ0v) is 12.7. The summed E-state index contributed by atoms with van der Waals surface area (Å²) in [4.78, 5) is 0. The minimum absolute atomic E-state index is 0. The van der Waals surface area contributed by atoms with Crippen LogP contribution in [-0.2, 0) is 10.0 Å². The number of nitrogens with one attached hydrogen (secondary N) is 1.